The summed E-state index contributed by atoms with van der Waals surface area (Å²) in [7, 11) is 1.99. The van der Waals surface area contributed by atoms with Crippen LogP contribution in [0, 0.1) is 0 Å². The number of hydrogen-bond donors (Lipinski definition) is 2. The highest BCUT2D eigenvalue weighted by Gasteiger charge is 2.23. The Morgan fingerprint density at radius 2 is 2.03 bits per heavy atom. The number of piperidine rings is 1. The van der Waals surface area contributed by atoms with E-state index in [1.165, 1.54) is 0 Å². The average molecular weight is 418 g/mol. The molecule has 1 amide bonds. The fourth-order valence-electron chi connectivity index (χ4n) is 4.71. The molecular weight excluding hydrogens is 390 g/mol. The number of benzene rings is 2. The summed E-state index contributed by atoms with van der Waals surface area (Å²) in [5.74, 6) is 1.09. The molecule has 1 atom stereocenters. The lowest BCUT2D eigenvalue weighted by Crippen LogP contribution is -2.45. The lowest BCUT2D eigenvalue weighted by molar-refractivity contribution is 0.0709. The Morgan fingerprint density at radius 3 is 2.81 bits per heavy atom. The van der Waals surface area contributed by atoms with E-state index in [-0.39, 0.29) is 17.7 Å². The fourth-order valence-corrected chi connectivity index (χ4v) is 4.71. The molecule has 0 saturated carbocycles. The van der Waals surface area contributed by atoms with Gasteiger partial charge in [-0.05, 0) is 56.2 Å². The average Bonchev–Trinajstić information content (AvgIpc) is 3.29. The van der Waals surface area contributed by atoms with Gasteiger partial charge in [0.15, 0.2) is 5.82 Å². The Labute approximate surface area is 180 Å². The van der Waals surface area contributed by atoms with Crippen molar-refractivity contribution in [2.75, 3.05) is 13.1 Å². The van der Waals surface area contributed by atoms with E-state index in [9.17, 15) is 9.90 Å². The third kappa shape index (κ3) is 3.25. The van der Waals surface area contributed by atoms with Crippen molar-refractivity contribution in [2.24, 2.45) is 12.8 Å². The summed E-state index contributed by atoms with van der Waals surface area (Å²) in [5, 5.41) is 11.0. The summed E-state index contributed by atoms with van der Waals surface area (Å²) in [6, 6.07) is 13.3. The number of hydrogen-bond acceptors (Lipinski definition) is 4. The molecule has 160 valence electrons. The van der Waals surface area contributed by atoms with E-state index in [0.29, 0.717) is 12.1 Å². The van der Waals surface area contributed by atoms with Gasteiger partial charge in [0.2, 0.25) is 0 Å². The van der Waals surface area contributed by atoms with Gasteiger partial charge in [-0.15, -0.1) is 0 Å². The third-order valence-electron chi connectivity index (χ3n) is 6.31. The number of fused-ring (bicyclic) bond motifs is 2. The van der Waals surface area contributed by atoms with E-state index >= 15 is 0 Å². The lowest BCUT2D eigenvalue weighted by atomic mass is 10.1. The van der Waals surface area contributed by atoms with Crippen LogP contribution in [0.25, 0.3) is 33.5 Å². The van der Waals surface area contributed by atoms with E-state index in [0.717, 1.165) is 59.4 Å². The first-order chi connectivity index (χ1) is 15.0. The Morgan fingerprint density at radius 1 is 1.19 bits per heavy atom. The Hall–Kier alpha value is -3.32. The number of likely N-dealkylation sites (tertiary alicyclic amines) is 1. The van der Waals surface area contributed by atoms with Crippen LogP contribution in [0.15, 0.2) is 42.5 Å². The molecule has 5 rings (SSSR count). The number of nitrogens with zero attached hydrogens (tertiary/aromatic N) is 4. The van der Waals surface area contributed by atoms with Crippen molar-refractivity contribution < 1.29 is 9.90 Å². The van der Waals surface area contributed by atoms with E-state index < -0.39 is 0 Å². The van der Waals surface area contributed by atoms with Crippen LogP contribution in [0.1, 0.15) is 30.1 Å². The molecule has 0 spiro atoms. The number of aromatic nitrogens is 3. The van der Waals surface area contributed by atoms with Gasteiger partial charge in [0, 0.05) is 49.7 Å². The number of phenolic OH excluding ortho intramolecular Hbond substituents is 1. The number of carbonyl (C=O) groups is 1. The Kier molecular flexibility index (Phi) is 4.70. The summed E-state index contributed by atoms with van der Waals surface area (Å²) < 4.78 is 4.21. The summed E-state index contributed by atoms with van der Waals surface area (Å²) in [6.07, 6.45) is 1.91. The third-order valence-corrected chi connectivity index (χ3v) is 6.31. The molecular formula is C24H27N5O2. The summed E-state index contributed by atoms with van der Waals surface area (Å²) in [4.78, 5) is 19.8. The monoisotopic (exact) mass is 417 g/mol. The second-order valence-electron chi connectivity index (χ2n) is 8.37. The van der Waals surface area contributed by atoms with Crippen molar-refractivity contribution in [1.82, 2.24) is 19.0 Å². The second-order valence-corrected chi connectivity index (χ2v) is 8.37. The molecule has 3 N–H and O–H groups in total. The van der Waals surface area contributed by atoms with Gasteiger partial charge < -0.3 is 24.9 Å². The minimum Gasteiger partial charge on any atom is -0.508 e. The van der Waals surface area contributed by atoms with E-state index in [1.54, 1.807) is 12.1 Å². The SMILES string of the molecule is CCn1c(-c2nc3cc(C(=O)N4CCC[C@@H](N)C4)ccc3n2C)cc2ccc(O)cc21. The molecule has 0 aliphatic carbocycles. The van der Waals surface area contributed by atoms with Crippen LogP contribution in [-0.4, -0.2) is 49.2 Å². The molecule has 1 aliphatic rings. The van der Waals surface area contributed by atoms with E-state index in [2.05, 4.69) is 22.1 Å². The molecule has 7 heteroatoms. The van der Waals surface area contributed by atoms with Crippen molar-refractivity contribution in [2.45, 2.75) is 32.4 Å². The van der Waals surface area contributed by atoms with E-state index in [1.807, 2.05) is 36.2 Å². The van der Waals surface area contributed by atoms with Gasteiger partial charge in [0.1, 0.15) is 5.75 Å². The maximum Gasteiger partial charge on any atom is 0.253 e. The number of amides is 1. The first-order valence-electron chi connectivity index (χ1n) is 10.8. The smallest absolute Gasteiger partial charge is 0.253 e. The lowest BCUT2D eigenvalue weighted by Gasteiger charge is -2.30. The number of aryl methyl sites for hydroxylation is 2. The van der Waals surface area contributed by atoms with Gasteiger partial charge >= 0.3 is 0 Å². The van der Waals surface area contributed by atoms with Crippen LogP contribution in [0.5, 0.6) is 5.75 Å². The van der Waals surface area contributed by atoms with Crippen LogP contribution in [0.3, 0.4) is 0 Å². The van der Waals surface area contributed by atoms with Gasteiger partial charge in [-0.2, -0.15) is 0 Å². The zero-order valence-electron chi connectivity index (χ0n) is 17.9. The largest absolute Gasteiger partial charge is 0.508 e. The van der Waals surface area contributed by atoms with Crippen molar-refractivity contribution >= 4 is 27.8 Å². The standard InChI is InChI=1S/C24H27N5O2/c1-3-29-21-13-18(30)8-6-15(21)12-22(29)23-26-19-11-16(7-9-20(19)27(23)2)24(31)28-10-4-5-17(25)14-28/h6-9,11-13,17,30H,3-5,10,14,25H2,1-2H3/t17-/m1/s1. The van der Waals surface area contributed by atoms with Gasteiger partial charge in [-0.25, -0.2) is 4.98 Å². The number of carbonyl (C=O) groups excluding carboxylic acids is 1. The predicted octanol–water partition coefficient (Wildman–Crippen LogP) is 3.48. The number of nitrogens with two attached hydrogens (primary N) is 1. The number of rotatable bonds is 3. The molecule has 1 aliphatic heterocycles. The maximum atomic E-state index is 13.0. The molecule has 1 fully saturated rings. The summed E-state index contributed by atoms with van der Waals surface area (Å²) in [5.41, 5.74) is 10.4. The quantitative estimate of drug-likeness (QED) is 0.534. The molecule has 0 bridgehead atoms. The topological polar surface area (TPSA) is 89.3 Å². The van der Waals surface area contributed by atoms with Crippen LogP contribution in [-0.2, 0) is 13.6 Å². The van der Waals surface area contributed by atoms with Gasteiger partial charge in [-0.1, -0.05) is 0 Å². The Balaban J connectivity index is 1.58. The van der Waals surface area contributed by atoms with Gasteiger partial charge in [0.05, 0.1) is 22.2 Å². The molecule has 2 aromatic carbocycles. The zero-order chi connectivity index (χ0) is 21.7. The predicted molar refractivity (Wildman–Crippen MR) is 122 cm³/mol. The summed E-state index contributed by atoms with van der Waals surface area (Å²) >= 11 is 0. The highest BCUT2D eigenvalue weighted by Crippen LogP contribution is 2.32. The second kappa shape index (κ2) is 7.42. The minimum absolute atomic E-state index is 0.0161. The molecule has 31 heavy (non-hydrogen) atoms. The number of phenols is 1. The maximum absolute atomic E-state index is 13.0. The van der Waals surface area contributed by atoms with Crippen LogP contribution in [0.2, 0.25) is 0 Å². The highest BCUT2D eigenvalue weighted by atomic mass is 16.3. The van der Waals surface area contributed by atoms with Crippen molar-refractivity contribution in [3.63, 3.8) is 0 Å². The highest BCUT2D eigenvalue weighted by molar-refractivity contribution is 5.98. The van der Waals surface area contributed by atoms with Crippen LogP contribution < -0.4 is 5.73 Å². The molecule has 7 nitrogen and oxygen atoms in total. The Bertz CT molecular complexity index is 1300. The molecule has 2 aromatic heterocycles. The molecule has 0 radical (unpaired) electrons. The van der Waals surface area contributed by atoms with Crippen LogP contribution in [0.4, 0.5) is 0 Å². The first-order valence-corrected chi connectivity index (χ1v) is 10.8. The normalized spacial score (nSPS) is 17.0. The molecule has 0 unspecified atom stereocenters. The number of aromatic hydroxyl groups is 1. The van der Waals surface area contributed by atoms with Gasteiger partial charge in [0.25, 0.3) is 5.91 Å². The van der Waals surface area contributed by atoms with Gasteiger partial charge in [-0.3, -0.25) is 4.79 Å². The number of imidazole rings is 1. The first kappa shape index (κ1) is 19.6. The van der Waals surface area contributed by atoms with Crippen molar-refractivity contribution in [3.05, 3.63) is 48.0 Å². The van der Waals surface area contributed by atoms with Crippen molar-refractivity contribution in [1.29, 1.82) is 0 Å². The zero-order valence-corrected chi connectivity index (χ0v) is 17.9. The van der Waals surface area contributed by atoms with Crippen LogP contribution >= 0.6 is 0 Å². The van der Waals surface area contributed by atoms with E-state index in [4.69, 9.17) is 10.7 Å². The molecule has 3 heterocycles. The summed E-state index contributed by atoms with van der Waals surface area (Å²) in [6.45, 7) is 4.19. The molecule has 1 saturated heterocycles. The molecule has 4 aromatic rings. The van der Waals surface area contributed by atoms with Crippen molar-refractivity contribution in [3.8, 4) is 17.3 Å². The minimum atomic E-state index is 0.0161. The fraction of sp³-hybridized carbons (Fsp3) is 0.333.